The average Bonchev–Trinajstić information content (AvgIpc) is 1.94. The number of aryl methyl sites for hydroxylation is 1. The van der Waals surface area contributed by atoms with E-state index in [2.05, 4.69) is 5.32 Å². The van der Waals surface area contributed by atoms with E-state index in [-0.39, 0.29) is 5.69 Å². The molecule has 0 unspecified atom stereocenters. The Morgan fingerprint density at radius 1 is 1.58 bits per heavy atom. The van der Waals surface area contributed by atoms with Crippen molar-refractivity contribution >= 4 is 22.7 Å². The Morgan fingerprint density at radius 3 is 2.75 bits per heavy atom. The molecule has 1 rings (SSSR count). The number of benzene rings is 1. The third kappa shape index (κ3) is 2.20. The maximum Gasteiger partial charge on any atom is 0.318 e. The molecule has 0 aliphatic heterocycles. The highest BCUT2D eigenvalue weighted by molar-refractivity contribution is 6.65. The smallest absolute Gasteiger partial charge is 0.310 e. The lowest BCUT2D eigenvalue weighted by atomic mass is 10.2. The van der Waals surface area contributed by atoms with Crippen LogP contribution in [0.3, 0.4) is 0 Å². The van der Waals surface area contributed by atoms with Gasteiger partial charge in [0.1, 0.15) is 5.82 Å². The third-order valence-electron chi connectivity index (χ3n) is 1.36. The number of anilines is 1. The van der Waals surface area contributed by atoms with Crippen LogP contribution < -0.4 is 5.32 Å². The van der Waals surface area contributed by atoms with Crippen LogP contribution in [0.1, 0.15) is 5.56 Å². The molecule has 0 fully saturated rings. The van der Waals surface area contributed by atoms with Gasteiger partial charge >= 0.3 is 5.37 Å². The molecule has 0 aliphatic rings. The van der Waals surface area contributed by atoms with E-state index >= 15 is 0 Å². The van der Waals surface area contributed by atoms with Crippen LogP contribution in [0, 0.1) is 12.7 Å². The molecule has 1 N–H and O–H groups in total. The molecule has 0 heterocycles. The molecule has 64 valence electrons. The van der Waals surface area contributed by atoms with E-state index in [4.69, 9.17) is 11.6 Å². The quantitative estimate of drug-likeness (QED) is 0.532. The first-order valence-corrected chi connectivity index (χ1v) is 3.70. The fraction of sp³-hybridized carbons (Fsp3) is 0.125. The van der Waals surface area contributed by atoms with Gasteiger partial charge in [-0.15, -0.1) is 0 Å². The number of nitrogens with one attached hydrogen (secondary N) is 1. The van der Waals surface area contributed by atoms with Gasteiger partial charge in [0.2, 0.25) is 0 Å². The van der Waals surface area contributed by atoms with E-state index in [1.807, 2.05) is 0 Å². The lowest BCUT2D eigenvalue weighted by molar-refractivity contribution is 0.269. The summed E-state index contributed by atoms with van der Waals surface area (Å²) in [6.45, 7) is 1.76. The molecule has 12 heavy (non-hydrogen) atoms. The number of hydrogen-bond donors (Lipinski definition) is 1. The second-order valence-electron chi connectivity index (χ2n) is 2.38. The average molecular weight is 188 g/mol. The van der Waals surface area contributed by atoms with Gasteiger partial charge in [-0.3, -0.25) is 4.79 Å². The largest absolute Gasteiger partial charge is 0.318 e. The van der Waals surface area contributed by atoms with Crippen molar-refractivity contribution in [1.29, 1.82) is 0 Å². The maximum atomic E-state index is 12.9. The summed E-state index contributed by atoms with van der Waals surface area (Å²) in [4.78, 5) is 10.3. The Morgan fingerprint density at radius 2 is 2.25 bits per heavy atom. The van der Waals surface area contributed by atoms with Crippen molar-refractivity contribution in [3.63, 3.8) is 0 Å². The van der Waals surface area contributed by atoms with E-state index in [0.717, 1.165) is 5.56 Å². The number of hydrogen-bond acceptors (Lipinski definition) is 1. The van der Waals surface area contributed by atoms with Crippen LogP contribution in [0.2, 0.25) is 0 Å². The van der Waals surface area contributed by atoms with Crippen molar-refractivity contribution in [2.45, 2.75) is 6.92 Å². The van der Waals surface area contributed by atoms with Gasteiger partial charge in [-0.25, -0.2) is 4.39 Å². The predicted octanol–water partition coefficient (Wildman–Crippen LogP) is 2.90. The molecule has 0 saturated carbocycles. The summed E-state index contributed by atoms with van der Waals surface area (Å²) in [6.07, 6.45) is 0. The Bertz CT molecular complexity index is 314. The first-order chi connectivity index (χ1) is 5.59. The Hall–Kier alpha value is -1.09. The summed E-state index contributed by atoms with van der Waals surface area (Å²) in [5.74, 6) is -0.482. The van der Waals surface area contributed by atoms with E-state index in [1.54, 1.807) is 13.0 Å². The molecule has 0 saturated heterocycles. The summed E-state index contributed by atoms with van der Waals surface area (Å²) in [5.41, 5.74) is 0.890. The minimum absolute atomic E-state index is 0.0978. The Kier molecular flexibility index (Phi) is 2.65. The van der Waals surface area contributed by atoms with Crippen LogP contribution in [0.25, 0.3) is 0 Å². The minimum Gasteiger partial charge on any atom is -0.310 e. The van der Waals surface area contributed by atoms with Crippen LogP contribution in [0.15, 0.2) is 18.2 Å². The zero-order chi connectivity index (χ0) is 9.14. The Balaban J connectivity index is 2.93. The van der Waals surface area contributed by atoms with Gasteiger partial charge in [0.15, 0.2) is 0 Å². The second kappa shape index (κ2) is 3.54. The summed E-state index contributed by atoms with van der Waals surface area (Å²) in [6, 6.07) is 4.47. The molecule has 0 spiro atoms. The number of carbonyl (C=O) groups is 1. The Labute approximate surface area is 74.3 Å². The molecule has 1 aromatic carbocycles. The van der Waals surface area contributed by atoms with Crippen molar-refractivity contribution in [3.8, 4) is 0 Å². The minimum atomic E-state index is -0.794. The van der Waals surface area contributed by atoms with Crippen LogP contribution in [0.4, 0.5) is 14.9 Å². The van der Waals surface area contributed by atoms with Gasteiger partial charge in [-0.2, -0.15) is 0 Å². The highest BCUT2D eigenvalue weighted by Crippen LogP contribution is 2.15. The van der Waals surface area contributed by atoms with E-state index < -0.39 is 11.2 Å². The number of carbonyl (C=O) groups excluding carboxylic acids is 1. The fourth-order valence-corrected chi connectivity index (χ4v) is 0.929. The molecule has 2 nitrogen and oxygen atoms in total. The predicted molar refractivity (Wildman–Crippen MR) is 46.0 cm³/mol. The van der Waals surface area contributed by atoms with Crippen molar-refractivity contribution in [2.75, 3.05) is 5.32 Å². The van der Waals surface area contributed by atoms with Gasteiger partial charge < -0.3 is 5.32 Å². The van der Waals surface area contributed by atoms with Crippen molar-refractivity contribution in [3.05, 3.63) is 29.6 Å². The molecule has 1 aromatic rings. The van der Waals surface area contributed by atoms with Gasteiger partial charge in [0.25, 0.3) is 0 Å². The molecule has 0 aromatic heterocycles. The molecule has 0 atom stereocenters. The van der Waals surface area contributed by atoms with E-state index in [9.17, 15) is 9.18 Å². The summed E-state index contributed by atoms with van der Waals surface area (Å²) in [5, 5.41) is 1.36. The second-order valence-corrected chi connectivity index (χ2v) is 2.73. The number of rotatable bonds is 1. The zero-order valence-corrected chi connectivity index (χ0v) is 7.15. The summed E-state index contributed by atoms with van der Waals surface area (Å²) in [7, 11) is 0. The van der Waals surface area contributed by atoms with Crippen molar-refractivity contribution in [1.82, 2.24) is 0 Å². The zero-order valence-electron chi connectivity index (χ0n) is 6.40. The topological polar surface area (TPSA) is 29.1 Å². The lowest BCUT2D eigenvalue weighted by Gasteiger charge is -2.02. The number of halogens is 2. The molecule has 4 heteroatoms. The summed E-state index contributed by atoms with van der Waals surface area (Å²) < 4.78 is 12.9. The molecule has 0 radical (unpaired) electrons. The number of amides is 1. The van der Waals surface area contributed by atoms with Crippen LogP contribution >= 0.6 is 11.6 Å². The SMILES string of the molecule is Cc1ccc(NC(=O)Cl)c(F)c1. The normalized spacial score (nSPS) is 9.58. The molecule has 1 amide bonds. The van der Waals surface area contributed by atoms with E-state index in [0.29, 0.717) is 0 Å². The highest BCUT2D eigenvalue weighted by atomic mass is 35.5. The lowest BCUT2D eigenvalue weighted by Crippen LogP contribution is -2.02. The highest BCUT2D eigenvalue weighted by Gasteiger charge is 2.03. The van der Waals surface area contributed by atoms with Gasteiger partial charge in [-0.1, -0.05) is 6.07 Å². The molecular formula is C8H7ClFNO. The monoisotopic (exact) mass is 187 g/mol. The van der Waals surface area contributed by atoms with Crippen LogP contribution in [-0.2, 0) is 0 Å². The van der Waals surface area contributed by atoms with Gasteiger partial charge in [0, 0.05) is 0 Å². The molecule has 0 aliphatic carbocycles. The fourth-order valence-electron chi connectivity index (χ4n) is 0.827. The molecular weight excluding hydrogens is 181 g/mol. The molecule has 0 bridgehead atoms. The maximum absolute atomic E-state index is 12.9. The first kappa shape index (κ1) is 9.00. The third-order valence-corrected chi connectivity index (χ3v) is 1.45. The van der Waals surface area contributed by atoms with Gasteiger partial charge in [-0.05, 0) is 36.2 Å². The van der Waals surface area contributed by atoms with Crippen molar-refractivity contribution in [2.24, 2.45) is 0 Å². The first-order valence-electron chi connectivity index (χ1n) is 3.32. The van der Waals surface area contributed by atoms with Crippen molar-refractivity contribution < 1.29 is 9.18 Å². The van der Waals surface area contributed by atoms with Crippen LogP contribution in [-0.4, -0.2) is 5.37 Å². The van der Waals surface area contributed by atoms with Crippen LogP contribution in [0.5, 0.6) is 0 Å². The standard InChI is InChI=1S/C8H7ClFNO/c1-5-2-3-7(6(10)4-5)11-8(9)12/h2-4H,1H3,(H,11,12). The van der Waals surface area contributed by atoms with Gasteiger partial charge in [0.05, 0.1) is 5.69 Å². The van der Waals surface area contributed by atoms with E-state index in [1.165, 1.54) is 12.1 Å². The summed E-state index contributed by atoms with van der Waals surface area (Å²) >= 11 is 5.01.